The van der Waals surface area contributed by atoms with E-state index < -0.39 is 0 Å². The quantitative estimate of drug-likeness (QED) is 0.856. The van der Waals surface area contributed by atoms with E-state index in [1.165, 1.54) is 0 Å². The highest BCUT2D eigenvalue weighted by Crippen LogP contribution is 2.11. The van der Waals surface area contributed by atoms with E-state index >= 15 is 0 Å². The molecule has 1 unspecified atom stereocenters. The molecule has 2 aromatic rings. The van der Waals surface area contributed by atoms with Crippen LogP contribution < -0.4 is 10.6 Å². The summed E-state index contributed by atoms with van der Waals surface area (Å²) in [5.41, 5.74) is 2.24. The topological polar surface area (TPSA) is 68.2 Å². The number of rotatable bonds is 6. The highest BCUT2D eigenvalue weighted by atomic mass is 16.5. The van der Waals surface area contributed by atoms with Crippen molar-refractivity contribution in [2.24, 2.45) is 0 Å². The van der Waals surface area contributed by atoms with E-state index in [0.717, 1.165) is 30.6 Å². The summed E-state index contributed by atoms with van der Waals surface area (Å²) in [6.45, 7) is 2.56. The molecule has 1 aromatic heterocycles. The fourth-order valence-electron chi connectivity index (χ4n) is 2.70. The molecule has 0 radical (unpaired) electrons. The molecule has 0 bridgehead atoms. The Morgan fingerprint density at radius 1 is 1.26 bits per heavy atom. The van der Waals surface area contributed by atoms with Crippen LogP contribution in [0.4, 0.5) is 4.79 Å². The lowest BCUT2D eigenvalue weighted by Crippen LogP contribution is -2.39. The molecule has 1 fully saturated rings. The van der Waals surface area contributed by atoms with Crippen molar-refractivity contribution in [1.82, 2.24) is 20.4 Å². The second kappa shape index (κ2) is 7.78. The van der Waals surface area contributed by atoms with Crippen molar-refractivity contribution in [1.29, 1.82) is 0 Å². The van der Waals surface area contributed by atoms with Crippen LogP contribution in [0.3, 0.4) is 0 Å². The molecule has 122 valence electrons. The van der Waals surface area contributed by atoms with Gasteiger partial charge in [-0.15, -0.1) is 0 Å². The first-order valence-corrected chi connectivity index (χ1v) is 7.99. The molecule has 1 aliphatic rings. The number of hydrogen-bond acceptors (Lipinski definition) is 3. The summed E-state index contributed by atoms with van der Waals surface area (Å²) in [6, 6.07) is 9.81. The Labute approximate surface area is 135 Å². The van der Waals surface area contributed by atoms with E-state index in [1.807, 2.05) is 35.1 Å². The number of amides is 2. The van der Waals surface area contributed by atoms with Gasteiger partial charge in [0.15, 0.2) is 0 Å². The predicted molar refractivity (Wildman–Crippen MR) is 87.0 cm³/mol. The van der Waals surface area contributed by atoms with Gasteiger partial charge in [0.1, 0.15) is 0 Å². The number of nitrogens with zero attached hydrogens (tertiary/aromatic N) is 2. The van der Waals surface area contributed by atoms with Crippen LogP contribution in [0.25, 0.3) is 0 Å². The lowest BCUT2D eigenvalue weighted by Gasteiger charge is -2.13. The first-order valence-electron chi connectivity index (χ1n) is 7.99. The van der Waals surface area contributed by atoms with Crippen molar-refractivity contribution in [3.63, 3.8) is 0 Å². The number of benzene rings is 1. The van der Waals surface area contributed by atoms with Gasteiger partial charge in [-0.2, -0.15) is 5.10 Å². The first-order chi connectivity index (χ1) is 11.3. The third kappa shape index (κ3) is 4.56. The molecule has 23 heavy (non-hydrogen) atoms. The highest BCUT2D eigenvalue weighted by molar-refractivity contribution is 5.73. The Balaban J connectivity index is 1.50. The number of ether oxygens (including phenoxy) is 1. The number of carbonyl (C=O) groups is 1. The van der Waals surface area contributed by atoms with Crippen molar-refractivity contribution in [3.05, 3.63) is 53.9 Å². The van der Waals surface area contributed by atoms with Gasteiger partial charge in [-0.3, -0.25) is 4.68 Å². The molecule has 2 heterocycles. The van der Waals surface area contributed by atoms with Gasteiger partial charge in [-0.1, -0.05) is 24.3 Å². The average molecular weight is 314 g/mol. The maximum atomic E-state index is 11.9. The monoisotopic (exact) mass is 314 g/mol. The molecule has 0 spiro atoms. The van der Waals surface area contributed by atoms with Crippen LogP contribution in [0.1, 0.15) is 24.0 Å². The van der Waals surface area contributed by atoms with Gasteiger partial charge in [-0.25, -0.2) is 4.79 Å². The minimum Gasteiger partial charge on any atom is -0.376 e. The SMILES string of the molecule is O=C(NCc1ccccc1Cn1cccn1)NCC1CCCO1. The van der Waals surface area contributed by atoms with Crippen molar-refractivity contribution in [3.8, 4) is 0 Å². The summed E-state index contributed by atoms with van der Waals surface area (Å²) in [5.74, 6) is 0. The largest absolute Gasteiger partial charge is 0.376 e. The highest BCUT2D eigenvalue weighted by Gasteiger charge is 2.16. The summed E-state index contributed by atoms with van der Waals surface area (Å²) in [5, 5.41) is 10.00. The molecule has 1 saturated heterocycles. The van der Waals surface area contributed by atoms with Crippen molar-refractivity contribution in [2.75, 3.05) is 13.2 Å². The fraction of sp³-hybridized carbons (Fsp3) is 0.412. The van der Waals surface area contributed by atoms with Crippen LogP contribution in [0.15, 0.2) is 42.7 Å². The average Bonchev–Trinajstić information content (AvgIpc) is 3.25. The van der Waals surface area contributed by atoms with Gasteiger partial charge in [-0.05, 0) is 30.0 Å². The summed E-state index contributed by atoms with van der Waals surface area (Å²) in [4.78, 5) is 11.9. The van der Waals surface area contributed by atoms with Crippen LogP contribution in [-0.4, -0.2) is 35.1 Å². The molecule has 3 rings (SSSR count). The standard InChI is InChI=1S/C17H22N4O2/c22-17(19-12-16-7-3-10-23-16)18-11-14-5-1-2-6-15(14)13-21-9-4-8-20-21/h1-2,4-6,8-9,16H,3,7,10-13H2,(H2,18,19,22). The lowest BCUT2D eigenvalue weighted by atomic mass is 10.1. The Kier molecular flexibility index (Phi) is 5.26. The molecule has 2 amide bonds. The maximum Gasteiger partial charge on any atom is 0.315 e. The molecule has 1 aliphatic heterocycles. The van der Waals surface area contributed by atoms with Crippen LogP contribution in [-0.2, 0) is 17.8 Å². The van der Waals surface area contributed by atoms with Gasteiger partial charge < -0.3 is 15.4 Å². The summed E-state index contributed by atoms with van der Waals surface area (Å²) < 4.78 is 7.36. The fourth-order valence-corrected chi connectivity index (χ4v) is 2.70. The molecule has 1 atom stereocenters. The zero-order valence-electron chi connectivity index (χ0n) is 13.1. The smallest absolute Gasteiger partial charge is 0.315 e. The van der Waals surface area contributed by atoms with Crippen molar-refractivity contribution >= 4 is 6.03 Å². The van der Waals surface area contributed by atoms with Crippen LogP contribution in [0.2, 0.25) is 0 Å². The molecule has 2 N–H and O–H groups in total. The lowest BCUT2D eigenvalue weighted by molar-refractivity contribution is 0.111. The Bertz CT molecular complexity index is 621. The Morgan fingerprint density at radius 2 is 2.13 bits per heavy atom. The van der Waals surface area contributed by atoms with Crippen molar-refractivity contribution in [2.45, 2.75) is 32.0 Å². The third-order valence-electron chi connectivity index (χ3n) is 3.96. The number of hydrogen-bond donors (Lipinski definition) is 2. The molecule has 6 nitrogen and oxygen atoms in total. The first kappa shape index (κ1) is 15.6. The predicted octanol–water partition coefficient (Wildman–Crippen LogP) is 1.91. The number of nitrogens with one attached hydrogen (secondary N) is 2. The number of aromatic nitrogens is 2. The molecule has 0 saturated carbocycles. The zero-order valence-corrected chi connectivity index (χ0v) is 13.1. The van der Waals surface area contributed by atoms with Gasteiger partial charge in [0, 0.05) is 32.1 Å². The van der Waals surface area contributed by atoms with E-state index in [-0.39, 0.29) is 12.1 Å². The van der Waals surface area contributed by atoms with Crippen LogP contribution in [0, 0.1) is 0 Å². The van der Waals surface area contributed by atoms with Gasteiger partial charge in [0.05, 0.1) is 12.6 Å². The van der Waals surface area contributed by atoms with Crippen molar-refractivity contribution < 1.29 is 9.53 Å². The van der Waals surface area contributed by atoms with Gasteiger partial charge in [0.25, 0.3) is 0 Å². The zero-order chi connectivity index (χ0) is 15.9. The summed E-state index contributed by atoms with van der Waals surface area (Å²) in [6.07, 6.45) is 5.95. The second-order valence-electron chi connectivity index (χ2n) is 5.67. The Hall–Kier alpha value is -2.34. The van der Waals surface area contributed by atoms with E-state index in [0.29, 0.717) is 19.6 Å². The number of urea groups is 1. The van der Waals surface area contributed by atoms with Gasteiger partial charge >= 0.3 is 6.03 Å². The molecule has 6 heteroatoms. The Morgan fingerprint density at radius 3 is 2.87 bits per heavy atom. The number of carbonyl (C=O) groups excluding carboxylic acids is 1. The minimum atomic E-state index is -0.158. The van der Waals surface area contributed by atoms with E-state index in [9.17, 15) is 4.79 Å². The second-order valence-corrected chi connectivity index (χ2v) is 5.67. The summed E-state index contributed by atoms with van der Waals surface area (Å²) in [7, 11) is 0. The van der Waals surface area contributed by atoms with Crippen LogP contribution >= 0.6 is 0 Å². The van der Waals surface area contributed by atoms with E-state index in [2.05, 4.69) is 21.8 Å². The maximum absolute atomic E-state index is 11.9. The van der Waals surface area contributed by atoms with E-state index in [4.69, 9.17) is 4.74 Å². The molecule has 0 aliphatic carbocycles. The minimum absolute atomic E-state index is 0.158. The summed E-state index contributed by atoms with van der Waals surface area (Å²) >= 11 is 0. The molecular formula is C17H22N4O2. The third-order valence-corrected chi connectivity index (χ3v) is 3.96. The van der Waals surface area contributed by atoms with Crippen LogP contribution in [0.5, 0.6) is 0 Å². The molecular weight excluding hydrogens is 292 g/mol. The molecule has 1 aromatic carbocycles. The van der Waals surface area contributed by atoms with E-state index in [1.54, 1.807) is 6.20 Å². The normalized spacial score (nSPS) is 17.1. The van der Waals surface area contributed by atoms with Gasteiger partial charge in [0.2, 0.25) is 0 Å².